The van der Waals surface area contributed by atoms with Gasteiger partial charge in [-0.3, -0.25) is 0 Å². The fraction of sp³-hybridized carbons (Fsp3) is 0.750. The number of nitrogen functional groups attached to an aromatic ring is 1. The van der Waals surface area contributed by atoms with Crippen LogP contribution < -0.4 is 11.1 Å². The minimum atomic E-state index is -0.0765. The maximum absolute atomic E-state index is 6.08. The summed E-state index contributed by atoms with van der Waals surface area (Å²) >= 11 is 0. The molecule has 20 heavy (non-hydrogen) atoms. The Morgan fingerprint density at radius 3 is 2.45 bits per heavy atom. The van der Waals surface area contributed by atoms with Crippen molar-refractivity contribution in [2.75, 3.05) is 11.1 Å². The zero-order valence-corrected chi connectivity index (χ0v) is 13.0. The average molecular weight is 274 g/mol. The van der Waals surface area contributed by atoms with Crippen LogP contribution in [0.3, 0.4) is 0 Å². The number of nitrogens with two attached hydrogens (primary N) is 1. The number of nitrogens with zero attached hydrogens (tertiary/aromatic N) is 2. The van der Waals surface area contributed by atoms with E-state index in [1.165, 1.54) is 25.7 Å². The van der Waals surface area contributed by atoms with Crippen LogP contribution in [-0.4, -0.2) is 16.0 Å². The zero-order chi connectivity index (χ0) is 14.5. The van der Waals surface area contributed by atoms with Crippen LogP contribution in [0.25, 0.3) is 0 Å². The van der Waals surface area contributed by atoms with Crippen LogP contribution in [0.1, 0.15) is 57.8 Å². The van der Waals surface area contributed by atoms with Gasteiger partial charge >= 0.3 is 0 Å². The summed E-state index contributed by atoms with van der Waals surface area (Å²) in [6, 6.07) is 0.578. The lowest BCUT2D eigenvalue weighted by Crippen LogP contribution is -2.28. The van der Waals surface area contributed by atoms with Gasteiger partial charge in [-0.25, -0.2) is 9.97 Å². The molecular formula is C16H26N4. The van der Waals surface area contributed by atoms with Gasteiger partial charge in [-0.2, -0.15) is 0 Å². The summed E-state index contributed by atoms with van der Waals surface area (Å²) in [4.78, 5) is 9.20. The van der Waals surface area contributed by atoms with E-state index >= 15 is 0 Å². The molecule has 4 nitrogen and oxygen atoms in total. The van der Waals surface area contributed by atoms with Crippen LogP contribution in [0.2, 0.25) is 0 Å². The molecule has 110 valence electrons. The average Bonchev–Trinajstić information content (AvgIpc) is 2.95. The second-order valence-corrected chi connectivity index (χ2v) is 7.58. The van der Waals surface area contributed by atoms with Crippen LogP contribution >= 0.6 is 0 Å². The molecule has 3 rings (SSSR count). The van der Waals surface area contributed by atoms with Crippen LogP contribution in [0.4, 0.5) is 11.6 Å². The number of rotatable bonds is 2. The zero-order valence-electron chi connectivity index (χ0n) is 13.0. The van der Waals surface area contributed by atoms with E-state index in [-0.39, 0.29) is 5.41 Å². The summed E-state index contributed by atoms with van der Waals surface area (Å²) in [5.41, 5.74) is 6.99. The Labute approximate surface area is 121 Å². The van der Waals surface area contributed by atoms with Crippen molar-refractivity contribution in [3.63, 3.8) is 0 Å². The minimum Gasteiger partial charge on any atom is -0.383 e. The number of fused-ring (bicyclic) bond motifs is 2. The number of hydrogen-bond donors (Lipinski definition) is 2. The Balaban J connectivity index is 1.87. The lowest BCUT2D eigenvalue weighted by Gasteiger charge is -2.26. The minimum absolute atomic E-state index is 0.0765. The predicted octanol–water partition coefficient (Wildman–Crippen LogP) is 3.27. The molecule has 2 bridgehead atoms. The summed E-state index contributed by atoms with van der Waals surface area (Å²) < 4.78 is 0. The first-order chi connectivity index (χ1) is 9.34. The molecule has 1 aromatic rings. The van der Waals surface area contributed by atoms with Gasteiger partial charge in [0.2, 0.25) is 0 Å². The second kappa shape index (κ2) is 4.61. The molecule has 3 atom stereocenters. The number of anilines is 2. The normalized spacial score (nSPS) is 28.9. The van der Waals surface area contributed by atoms with Crippen molar-refractivity contribution in [2.24, 2.45) is 11.8 Å². The summed E-state index contributed by atoms with van der Waals surface area (Å²) in [7, 11) is 0. The standard InChI is InChI=1S/C16H26N4/c1-9-13(17)19-15(16(2,3)4)20-14(9)18-12-8-10-5-6-11(12)7-10/h10-12H,5-8H2,1-4H3,(H3,17,18,19,20). The summed E-state index contributed by atoms with van der Waals surface area (Å²) in [5, 5.41) is 3.66. The van der Waals surface area contributed by atoms with Crippen LogP contribution in [0.15, 0.2) is 0 Å². The highest BCUT2D eigenvalue weighted by atomic mass is 15.1. The van der Waals surface area contributed by atoms with Crippen LogP contribution in [0, 0.1) is 18.8 Å². The Morgan fingerprint density at radius 1 is 1.15 bits per heavy atom. The topological polar surface area (TPSA) is 63.8 Å². The lowest BCUT2D eigenvalue weighted by molar-refractivity contribution is 0.438. The first-order valence-electron chi connectivity index (χ1n) is 7.75. The van der Waals surface area contributed by atoms with Gasteiger partial charge in [0.1, 0.15) is 17.5 Å². The fourth-order valence-electron chi connectivity index (χ4n) is 3.61. The third-order valence-electron chi connectivity index (χ3n) is 4.91. The number of hydrogen-bond acceptors (Lipinski definition) is 4. The molecule has 4 heteroatoms. The number of aromatic nitrogens is 2. The van der Waals surface area contributed by atoms with Gasteiger partial charge in [-0.05, 0) is 38.0 Å². The quantitative estimate of drug-likeness (QED) is 0.869. The highest BCUT2D eigenvalue weighted by Crippen LogP contribution is 2.45. The third kappa shape index (κ3) is 2.36. The van der Waals surface area contributed by atoms with E-state index in [1.54, 1.807) is 0 Å². The monoisotopic (exact) mass is 274 g/mol. The molecule has 1 aromatic heterocycles. The van der Waals surface area contributed by atoms with Crippen molar-refractivity contribution in [2.45, 2.75) is 64.8 Å². The van der Waals surface area contributed by atoms with Crippen molar-refractivity contribution in [1.82, 2.24) is 9.97 Å². The van der Waals surface area contributed by atoms with Gasteiger partial charge in [-0.1, -0.05) is 27.2 Å². The molecule has 3 N–H and O–H groups in total. The van der Waals surface area contributed by atoms with Gasteiger partial charge in [0.25, 0.3) is 0 Å². The van der Waals surface area contributed by atoms with Crippen molar-refractivity contribution in [3.8, 4) is 0 Å². The second-order valence-electron chi connectivity index (χ2n) is 7.58. The highest BCUT2D eigenvalue weighted by Gasteiger charge is 2.39. The molecule has 3 unspecified atom stereocenters. The molecule has 0 saturated heterocycles. The summed E-state index contributed by atoms with van der Waals surface area (Å²) in [6.07, 6.45) is 5.47. The molecule has 2 saturated carbocycles. The molecule has 0 radical (unpaired) electrons. The van der Waals surface area contributed by atoms with Gasteiger partial charge in [-0.15, -0.1) is 0 Å². The fourth-order valence-corrected chi connectivity index (χ4v) is 3.61. The smallest absolute Gasteiger partial charge is 0.138 e. The lowest BCUT2D eigenvalue weighted by atomic mass is 9.94. The van der Waals surface area contributed by atoms with E-state index in [9.17, 15) is 0 Å². The van der Waals surface area contributed by atoms with Crippen molar-refractivity contribution < 1.29 is 0 Å². The molecule has 0 spiro atoms. The van der Waals surface area contributed by atoms with Crippen molar-refractivity contribution >= 4 is 11.6 Å². The molecule has 0 aromatic carbocycles. The SMILES string of the molecule is Cc1c(N)nc(C(C)(C)C)nc1NC1CC2CCC1C2. The van der Waals surface area contributed by atoms with E-state index < -0.39 is 0 Å². The Morgan fingerprint density at radius 2 is 1.90 bits per heavy atom. The van der Waals surface area contributed by atoms with Gasteiger partial charge < -0.3 is 11.1 Å². The largest absolute Gasteiger partial charge is 0.383 e. The highest BCUT2D eigenvalue weighted by molar-refractivity contribution is 5.55. The van der Waals surface area contributed by atoms with Crippen molar-refractivity contribution in [3.05, 3.63) is 11.4 Å². The van der Waals surface area contributed by atoms with E-state index in [1.807, 2.05) is 6.92 Å². The molecule has 2 fully saturated rings. The van der Waals surface area contributed by atoms with E-state index in [2.05, 4.69) is 31.1 Å². The van der Waals surface area contributed by atoms with Gasteiger partial charge in [0.05, 0.1) is 0 Å². The number of nitrogens with one attached hydrogen (secondary N) is 1. The first kappa shape index (κ1) is 13.7. The predicted molar refractivity (Wildman–Crippen MR) is 82.7 cm³/mol. The molecular weight excluding hydrogens is 248 g/mol. The first-order valence-corrected chi connectivity index (χ1v) is 7.75. The van der Waals surface area contributed by atoms with Gasteiger partial charge in [0.15, 0.2) is 0 Å². The van der Waals surface area contributed by atoms with E-state index in [0.29, 0.717) is 11.9 Å². The third-order valence-corrected chi connectivity index (χ3v) is 4.91. The molecule has 0 aliphatic heterocycles. The van der Waals surface area contributed by atoms with E-state index in [4.69, 9.17) is 10.7 Å². The van der Waals surface area contributed by atoms with Crippen molar-refractivity contribution in [1.29, 1.82) is 0 Å². The van der Waals surface area contributed by atoms with Gasteiger partial charge in [0, 0.05) is 17.0 Å². The van der Waals surface area contributed by atoms with Crippen LogP contribution in [0.5, 0.6) is 0 Å². The molecule has 0 amide bonds. The van der Waals surface area contributed by atoms with Crippen LogP contribution in [-0.2, 0) is 5.41 Å². The molecule has 2 aliphatic carbocycles. The summed E-state index contributed by atoms with van der Waals surface area (Å²) in [5.74, 6) is 4.13. The van der Waals surface area contributed by atoms with E-state index in [0.717, 1.165) is 29.0 Å². The Kier molecular flexibility index (Phi) is 3.14. The summed E-state index contributed by atoms with van der Waals surface area (Å²) in [6.45, 7) is 8.38. The Bertz CT molecular complexity index is 518. The Hall–Kier alpha value is -1.32. The molecule has 1 heterocycles. The molecule has 2 aliphatic rings. The maximum Gasteiger partial charge on any atom is 0.138 e. The maximum atomic E-state index is 6.08.